The average molecular weight is 189 g/mol. The van der Waals surface area contributed by atoms with Gasteiger partial charge >= 0.3 is 0 Å². The summed E-state index contributed by atoms with van der Waals surface area (Å²) < 4.78 is 0. The Kier molecular flexibility index (Phi) is 2.21. The van der Waals surface area contributed by atoms with Gasteiger partial charge in [0.05, 0.1) is 0 Å². The quantitative estimate of drug-likeness (QED) is 0.613. The van der Waals surface area contributed by atoms with Crippen LogP contribution in [0.4, 0.5) is 0 Å². The number of hydrogen-bond acceptors (Lipinski definition) is 1. The fourth-order valence-electron chi connectivity index (χ4n) is 3.37. The van der Waals surface area contributed by atoms with Crippen LogP contribution in [0.5, 0.6) is 0 Å². The van der Waals surface area contributed by atoms with Gasteiger partial charge in [-0.25, -0.2) is 0 Å². The van der Waals surface area contributed by atoms with Crippen LogP contribution in [0, 0.1) is 0 Å². The summed E-state index contributed by atoms with van der Waals surface area (Å²) in [4.78, 5) is 2.78. The lowest BCUT2D eigenvalue weighted by molar-refractivity contribution is 0.164. The fraction of sp³-hybridized carbons (Fsp3) is 0.692. The molecule has 1 aliphatic carbocycles. The molecular weight excluding hydrogens is 170 g/mol. The second kappa shape index (κ2) is 3.54. The van der Waals surface area contributed by atoms with E-state index in [4.69, 9.17) is 0 Å². The molecule has 76 valence electrons. The highest BCUT2D eigenvalue weighted by Crippen LogP contribution is 2.36. The highest BCUT2D eigenvalue weighted by molar-refractivity contribution is 5.28. The van der Waals surface area contributed by atoms with Gasteiger partial charge in [-0.1, -0.05) is 24.6 Å². The average Bonchev–Trinajstić information content (AvgIpc) is 2.85. The molecule has 0 bridgehead atoms. The largest absolute Gasteiger partial charge is 0.294 e. The minimum atomic E-state index is 0.801. The van der Waals surface area contributed by atoms with Gasteiger partial charge in [-0.3, -0.25) is 4.90 Å². The maximum atomic E-state index is 2.78. The molecule has 2 saturated heterocycles. The first-order valence-electron chi connectivity index (χ1n) is 6.06. The molecule has 3 rings (SSSR count). The second-order valence-corrected chi connectivity index (χ2v) is 4.85. The van der Waals surface area contributed by atoms with Crippen molar-refractivity contribution >= 4 is 0 Å². The standard InChI is InChI=1S/C13H19N/c1-2-6-11(5-1)13-9-8-12-7-3-4-10-14(12)13/h1-2,5,12-13H,3-4,6-10H2. The van der Waals surface area contributed by atoms with Gasteiger partial charge < -0.3 is 0 Å². The molecule has 2 fully saturated rings. The molecule has 1 heteroatoms. The van der Waals surface area contributed by atoms with Crippen molar-refractivity contribution in [2.75, 3.05) is 6.54 Å². The molecule has 0 spiro atoms. The SMILES string of the molecule is C1=CCC(C2CCC3CCCCN32)=C1. The number of allylic oxidation sites excluding steroid dienone is 3. The topological polar surface area (TPSA) is 3.24 Å². The van der Waals surface area contributed by atoms with Crippen molar-refractivity contribution in [2.45, 2.75) is 50.6 Å². The van der Waals surface area contributed by atoms with Gasteiger partial charge in [0.2, 0.25) is 0 Å². The molecule has 0 amide bonds. The van der Waals surface area contributed by atoms with Crippen LogP contribution in [0.25, 0.3) is 0 Å². The minimum absolute atomic E-state index is 0.801. The van der Waals surface area contributed by atoms with Crippen molar-refractivity contribution in [3.8, 4) is 0 Å². The lowest BCUT2D eigenvalue weighted by atomic mass is 10.0. The molecule has 2 heterocycles. The molecule has 1 nitrogen and oxygen atoms in total. The highest BCUT2D eigenvalue weighted by Gasteiger charge is 2.36. The summed E-state index contributed by atoms with van der Waals surface area (Å²) in [6.07, 6.45) is 15.3. The molecule has 0 aromatic carbocycles. The minimum Gasteiger partial charge on any atom is -0.294 e. The Hall–Kier alpha value is -0.560. The van der Waals surface area contributed by atoms with Crippen LogP contribution in [-0.4, -0.2) is 23.5 Å². The van der Waals surface area contributed by atoms with Crippen molar-refractivity contribution < 1.29 is 0 Å². The molecule has 0 aromatic heterocycles. The van der Waals surface area contributed by atoms with Crippen molar-refractivity contribution in [3.63, 3.8) is 0 Å². The van der Waals surface area contributed by atoms with E-state index < -0.39 is 0 Å². The number of hydrogen-bond donors (Lipinski definition) is 0. The van der Waals surface area contributed by atoms with Gasteiger partial charge in [-0.05, 0) is 44.2 Å². The zero-order valence-corrected chi connectivity index (χ0v) is 8.78. The van der Waals surface area contributed by atoms with E-state index >= 15 is 0 Å². The van der Waals surface area contributed by atoms with E-state index in [9.17, 15) is 0 Å². The Morgan fingerprint density at radius 3 is 3.00 bits per heavy atom. The predicted molar refractivity (Wildman–Crippen MR) is 59.2 cm³/mol. The van der Waals surface area contributed by atoms with Crippen LogP contribution in [0.1, 0.15) is 38.5 Å². The van der Waals surface area contributed by atoms with E-state index in [1.807, 2.05) is 0 Å². The first-order valence-corrected chi connectivity index (χ1v) is 6.06. The molecule has 0 radical (unpaired) electrons. The Morgan fingerprint density at radius 2 is 2.14 bits per heavy atom. The number of piperidine rings is 1. The first kappa shape index (κ1) is 8.72. The molecule has 14 heavy (non-hydrogen) atoms. The van der Waals surface area contributed by atoms with E-state index in [0.717, 1.165) is 12.1 Å². The molecular formula is C13H19N. The van der Waals surface area contributed by atoms with E-state index in [2.05, 4.69) is 23.1 Å². The van der Waals surface area contributed by atoms with E-state index in [-0.39, 0.29) is 0 Å². The molecule has 2 atom stereocenters. The van der Waals surface area contributed by atoms with Crippen LogP contribution in [0.2, 0.25) is 0 Å². The molecule has 2 aliphatic heterocycles. The fourth-order valence-corrected chi connectivity index (χ4v) is 3.37. The van der Waals surface area contributed by atoms with Crippen molar-refractivity contribution in [1.82, 2.24) is 4.90 Å². The monoisotopic (exact) mass is 189 g/mol. The van der Waals surface area contributed by atoms with Crippen LogP contribution in [0.15, 0.2) is 23.8 Å². The van der Waals surface area contributed by atoms with Crippen LogP contribution in [0.3, 0.4) is 0 Å². The molecule has 0 N–H and O–H groups in total. The third-order valence-corrected chi connectivity index (χ3v) is 4.07. The Labute approximate surface area is 86.5 Å². The normalized spacial score (nSPS) is 37.3. The molecule has 0 saturated carbocycles. The van der Waals surface area contributed by atoms with Crippen molar-refractivity contribution in [1.29, 1.82) is 0 Å². The smallest absolute Gasteiger partial charge is 0.0317 e. The summed E-state index contributed by atoms with van der Waals surface area (Å²) in [5.41, 5.74) is 1.68. The zero-order valence-electron chi connectivity index (χ0n) is 8.78. The van der Waals surface area contributed by atoms with Gasteiger partial charge in [0.1, 0.15) is 0 Å². The molecule has 0 aromatic rings. The second-order valence-electron chi connectivity index (χ2n) is 4.85. The van der Waals surface area contributed by atoms with Crippen LogP contribution in [-0.2, 0) is 0 Å². The van der Waals surface area contributed by atoms with Gasteiger partial charge in [-0.2, -0.15) is 0 Å². The summed E-state index contributed by atoms with van der Waals surface area (Å²) >= 11 is 0. The van der Waals surface area contributed by atoms with Crippen LogP contribution < -0.4 is 0 Å². The lowest BCUT2D eigenvalue weighted by Gasteiger charge is -2.34. The lowest BCUT2D eigenvalue weighted by Crippen LogP contribution is -2.40. The van der Waals surface area contributed by atoms with E-state index in [1.54, 1.807) is 5.57 Å². The van der Waals surface area contributed by atoms with Gasteiger partial charge in [-0.15, -0.1) is 0 Å². The first-order chi connectivity index (χ1) is 6.95. The Bertz CT molecular complexity index is 277. The Morgan fingerprint density at radius 1 is 1.14 bits per heavy atom. The number of nitrogens with zero attached hydrogens (tertiary/aromatic N) is 1. The van der Waals surface area contributed by atoms with Crippen LogP contribution >= 0.6 is 0 Å². The molecule has 3 aliphatic rings. The predicted octanol–water partition coefficient (Wildman–Crippen LogP) is 2.89. The van der Waals surface area contributed by atoms with Gasteiger partial charge in [0.15, 0.2) is 0 Å². The third-order valence-electron chi connectivity index (χ3n) is 4.07. The summed E-state index contributed by atoms with van der Waals surface area (Å²) in [6.45, 7) is 1.35. The number of fused-ring (bicyclic) bond motifs is 1. The third kappa shape index (κ3) is 1.35. The summed E-state index contributed by atoms with van der Waals surface area (Å²) in [7, 11) is 0. The zero-order chi connectivity index (χ0) is 9.38. The maximum absolute atomic E-state index is 2.78. The number of rotatable bonds is 1. The summed E-state index contributed by atoms with van der Waals surface area (Å²) in [5.74, 6) is 0. The van der Waals surface area contributed by atoms with Gasteiger partial charge in [0, 0.05) is 12.1 Å². The Balaban J connectivity index is 1.75. The molecule has 2 unspecified atom stereocenters. The van der Waals surface area contributed by atoms with Gasteiger partial charge in [0.25, 0.3) is 0 Å². The van der Waals surface area contributed by atoms with E-state index in [0.29, 0.717) is 0 Å². The van der Waals surface area contributed by atoms with E-state index in [1.165, 1.54) is 45.1 Å². The highest BCUT2D eigenvalue weighted by atomic mass is 15.2. The maximum Gasteiger partial charge on any atom is 0.0317 e. The summed E-state index contributed by atoms with van der Waals surface area (Å²) in [6, 6.07) is 1.73. The van der Waals surface area contributed by atoms with Crippen molar-refractivity contribution in [3.05, 3.63) is 23.8 Å². The summed E-state index contributed by atoms with van der Waals surface area (Å²) in [5, 5.41) is 0. The van der Waals surface area contributed by atoms with Crippen molar-refractivity contribution in [2.24, 2.45) is 0 Å².